The molecule has 4 atom stereocenters. The van der Waals surface area contributed by atoms with E-state index in [0.717, 1.165) is 11.1 Å². The molecule has 1 aliphatic heterocycles. The number of rotatable bonds is 6. The van der Waals surface area contributed by atoms with Gasteiger partial charge in [0.2, 0.25) is 5.91 Å². The lowest BCUT2D eigenvalue weighted by atomic mass is 9.98. The molecule has 2 unspecified atom stereocenters. The summed E-state index contributed by atoms with van der Waals surface area (Å²) in [6.45, 7) is 2.45. The molecule has 0 bridgehead atoms. The van der Waals surface area contributed by atoms with Crippen LogP contribution in [0.25, 0.3) is 11.1 Å². The molecule has 7 nitrogen and oxygen atoms in total. The zero-order chi connectivity index (χ0) is 23.1. The maximum absolute atomic E-state index is 12.8. The second-order valence-electron chi connectivity index (χ2n) is 8.84. The second kappa shape index (κ2) is 8.74. The normalized spacial score (nSPS) is 25.3. The van der Waals surface area contributed by atoms with Crippen molar-refractivity contribution in [3.63, 3.8) is 0 Å². The molecule has 172 valence electrons. The Kier molecular flexibility index (Phi) is 5.78. The van der Waals surface area contributed by atoms with Crippen LogP contribution in [0.15, 0.2) is 48.5 Å². The van der Waals surface area contributed by atoms with E-state index in [0.29, 0.717) is 18.7 Å². The lowest BCUT2D eigenvalue weighted by molar-refractivity contribution is -0.149. The SMILES string of the molecule is CC1SCC(C(=O)O)N1C(=O)[C@@H]1C[C@@H]1CNC(=O)OCC1c2ccccc2-c2ccccc21. The van der Waals surface area contributed by atoms with Crippen LogP contribution in [0.2, 0.25) is 0 Å². The average molecular weight is 467 g/mol. The minimum absolute atomic E-state index is 0.000470. The van der Waals surface area contributed by atoms with Gasteiger partial charge in [-0.2, -0.15) is 0 Å². The van der Waals surface area contributed by atoms with E-state index < -0.39 is 18.1 Å². The Labute approximate surface area is 196 Å². The predicted molar refractivity (Wildman–Crippen MR) is 125 cm³/mol. The molecule has 2 aliphatic carbocycles. The van der Waals surface area contributed by atoms with Crippen molar-refractivity contribution in [1.82, 2.24) is 10.2 Å². The van der Waals surface area contributed by atoms with E-state index in [2.05, 4.69) is 29.6 Å². The summed E-state index contributed by atoms with van der Waals surface area (Å²) in [6, 6.07) is 15.6. The molecule has 3 aliphatic rings. The van der Waals surface area contributed by atoms with Crippen molar-refractivity contribution >= 4 is 29.7 Å². The van der Waals surface area contributed by atoms with E-state index in [9.17, 15) is 19.5 Å². The first-order valence-electron chi connectivity index (χ1n) is 11.2. The van der Waals surface area contributed by atoms with Crippen LogP contribution in [0.5, 0.6) is 0 Å². The molecule has 0 aromatic heterocycles. The Balaban J connectivity index is 1.13. The number of carbonyl (C=O) groups excluding carboxylic acids is 2. The Hall–Kier alpha value is -3.00. The zero-order valence-corrected chi connectivity index (χ0v) is 19.1. The van der Waals surface area contributed by atoms with E-state index in [4.69, 9.17) is 4.74 Å². The van der Waals surface area contributed by atoms with Gasteiger partial charge < -0.3 is 20.1 Å². The number of nitrogens with one attached hydrogen (secondary N) is 1. The van der Waals surface area contributed by atoms with Crippen LogP contribution in [-0.2, 0) is 14.3 Å². The summed E-state index contributed by atoms with van der Waals surface area (Å²) in [6.07, 6.45) is 0.159. The van der Waals surface area contributed by atoms with Crippen LogP contribution in [0.4, 0.5) is 4.79 Å². The minimum atomic E-state index is -0.964. The topological polar surface area (TPSA) is 95.9 Å². The third-order valence-corrected chi connectivity index (χ3v) is 8.07. The van der Waals surface area contributed by atoms with E-state index in [1.165, 1.54) is 27.8 Å². The van der Waals surface area contributed by atoms with Crippen LogP contribution in [0.1, 0.15) is 30.4 Å². The number of fused-ring (bicyclic) bond motifs is 3. The van der Waals surface area contributed by atoms with Crippen LogP contribution < -0.4 is 5.32 Å². The van der Waals surface area contributed by atoms with Gasteiger partial charge in [0.25, 0.3) is 0 Å². The molecule has 2 N–H and O–H groups in total. The highest BCUT2D eigenvalue weighted by Gasteiger charge is 2.50. The monoisotopic (exact) mass is 466 g/mol. The molecule has 8 heteroatoms. The number of carbonyl (C=O) groups is 3. The van der Waals surface area contributed by atoms with Crippen LogP contribution >= 0.6 is 11.8 Å². The van der Waals surface area contributed by atoms with Gasteiger partial charge in [-0.15, -0.1) is 11.8 Å². The summed E-state index contributed by atoms with van der Waals surface area (Å²) in [4.78, 5) is 38.1. The van der Waals surface area contributed by atoms with E-state index in [1.807, 2.05) is 31.2 Å². The van der Waals surface area contributed by atoms with Crippen molar-refractivity contribution in [2.75, 3.05) is 18.9 Å². The van der Waals surface area contributed by atoms with Crippen molar-refractivity contribution in [3.05, 3.63) is 59.7 Å². The number of ether oxygens (including phenoxy) is 1. The lowest BCUT2D eigenvalue weighted by Crippen LogP contribution is -2.46. The number of hydrogen-bond donors (Lipinski definition) is 2. The molecule has 33 heavy (non-hydrogen) atoms. The quantitative estimate of drug-likeness (QED) is 0.676. The van der Waals surface area contributed by atoms with Crippen molar-refractivity contribution in [1.29, 1.82) is 0 Å². The van der Waals surface area contributed by atoms with Gasteiger partial charge in [-0.1, -0.05) is 48.5 Å². The van der Waals surface area contributed by atoms with E-state index in [1.54, 1.807) is 0 Å². The van der Waals surface area contributed by atoms with E-state index >= 15 is 0 Å². The molecule has 1 heterocycles. The fourth-order valence-electron chi connectivity index (χ4n) is 5.00. The summed E-state index contributed by atoms with van der Waals surface area (Å²) in [5, 5.41) is 12.0. The highest BCUT2D eigenvalue weighted by molar-refractivity contribution is 8.00. The Morgan fingerprint density at radius 3 is 2.36 bits per heavy atom. The summed E-state index contributed by atoms with van der Waals surface area (Å²) < 4.78 is 5.55. The molecule has 1 saturated carbocycles. The fourth-order valence-corrected chi connectivity index (χ4v) is 6.17. The summed E-state index contributed by atoms with van der Waals surface area (Å²) in [7, 11) is 0. The summed E-state index contributed by atoms with van der Waals surface area (Å²) in [5.74, 6) is -0.890. The van der Waals surface area contributed by atoms with Crippen LogP contribution in [-0.4, -0.2) is 58.3 Å². The minimum Gasteiger partial charge on any atom is -0.480 e. The Morgan fingerprint density at radius 2 is 1.73 bits per heavy atom. The van der Waals surface area contributed by atoms with Gasteiger partial charge in [-0.3, -0.25) is 4.79 Å². The molecule has 1 saturated heterocycles. The molecule has 2 aromatic carbocycles. The molecule has 2 amide bonds. The number of thioether (sulfide) groups is 1. The molecule has 0 radical (unpaired) electrons. The molecule has 2 fully saturated rings. The van der Waals surface area contributed by atoms with Crippen molar-refractivity contribution in [2.45, 2.75) is 30.7 Å². The van der Waals surface area contributed by atoms with Gasteiger partial charge in [0.15, 0.2) is 0 Å². The van der Waals surface area contributed by atoms with Gasteiger partial charge in [-0.25, -0.2) is 9.59 Å². The standard InChI is InChI=1S/C25H26N2O5S/c1-14-27(22(13-33-14)24(29)30)23(28)20-10-15(20)11-26-25(31)32-12-21-18-8-4-2-6-16(18)17-7-3-5-9-19(17)21/h2-9,14-15,20-22H,10-13H2,1H3,(H,26,31)(H,29,30)/t14?,15-,20-,22?/m1/s1. The smallest absolute Gasteiger partial charge is 0.407 e. The molecular formula is C25H26N2O5S. The summed E-state index contributed by atoms with van der Waals surface area (Å²) >= 11 is 1.48. The third kappa shape index (κ3) is 4.08. The summed E-state index contributed by atoms with van der Waals surface area (Å²) in [5.41, 5.74) is 4.67. The lowest BCUT2D eigenvalue weighted by Gasteiger charge is -2.25. The third-order valence-electron chi connectivity index (χ3n) is 6.85. The predicted octanol–water partition coefficient (Wildman–Crippen LogP) is 3.54. The van der Waals surface area contributed by atoms with Crippen LogP contribution in [0, 0.1) is 11.8 Å². The average Bonchev–Trinajstić information content (AvgIpc) is 3.39. The van der Waals surface area contributed by atoms with Crippen LogP contribution in [0.3, 0.4) is 0 Å². The van der Waals surface area contributed by atoms with Gasteiger partial charge in [0, 0.05) is 24.1 Å². The van der Waals surface area contributed by atoms with Crippen molar-refractivity contribution in [2.24, 2.45) is 11.8 Å². The first kappa shape index (κ1) is 21.8. The van der Waals surface area contributed by atoms with Gasteiger partial charge in [0.05, 0.1) is 5.37 Å². The first-order valence-corrected chi connectivity index (χ1v) is 12.3. The highest BCUT2D eigenvalue weighted by atomic mass is 32.2. The van der Waals surface area contributed by atoms with Crippen molar-refractivity contribution in [3.8, 4) is 11.1 Å². The largest absolute Gasteiger partial charge is 0.480 e. The first-order chi connectivity index (χ1) is 16.0. The fraction of sp³-hybridized carbons (Fsp3) is 0.400. The number of alkyl carbamates (subject to hydrolysis) is 1. The van der Waals surface area contributed by atoms with Gasteiger partial charge in [-0.05, 0) is 41.5 Å². The number of amides is 2. The van der Waals surface area contributed by atoms with Gasteiger partial charge >= 0.3 is 12.1 Å². The zero-order valence-electron chi connectivity index (χ0n) is 18.3. The molecule has 0 spiro atoms. The van der Waals surface area contributed by atoms with E-state index in [-0.39, 0.29) is 35.6 Å². The number of carboxylic acids is 1. The molecule has 5 rings (SSSR count). The number of nitrogens with zero attached hydrogens (tertiary/aromatic N) is 1. The van der Waals surface area contributed by atoms with Gasteiger partial charge in [0.1, 0.15) is 12.6 Å². The number of hydrogen-bond acceptors (Lipinski definition) is 5. The number of benzene rings is 2. The maximum atomic E-state index is 12.8. The number of carboxylic acid groups (broad SMARTS) is 1. The Bertz CT molecular complexity index is 1060. The highest BCUT2D eigenvalue weighted by Crippen LogP contribution is 2.45. The second-order valence-corrected chi connectivity index (χ2v) is 10.2. The molecule has 2 aromatic rings. The number of aliphatic carboxylic acids is 1. The maximum Gasteiger partial charge on any atom is 0.407 e. The molecular weight excluding hydrogens is 440 g/mol. The van der Waals surface area contributed by atoms with Crippen molar-refractivity contribution < 1.29 is 24.2 Å². The Morgan fingerprint density at radius 1 is 1.09 bits per heavy atom.